The minimum atomic E-state index is -0.0826. The number of rotatable bonds is 4. The maximum absolute atomic E-state index is 12.6. The quantitative estimate of drug-likeness (QED) is 0.825. The monoisotopic (exact) mass is 281 g/mol. The first-order valence-corrected chi connectivity index (χ1v) is 7.90. The van der Waals surface area contributed by atoms with Crippen LogP contribution in [0.2, 0.25) is 0 Å². The lowest BCUT2D eigenvalue weighted by Crippen LogP contribution is -2.50. The Morgan fingerprint density at radius 3 is 2.50 bits per heavy atom. The van der Waals surface area contributed by atoms with Crippen molar-refractivity contribution in [2.24, 2.45) is 11.8 Å². The number of hydrogen-bond acceptors (Lipinski definition) is 3. The van der Waals surface area contributed by atoms with E-state index in [1.54, 1.807) is 0 Å². The second kappa shape index (κ2) is 6.57. The molecule has 0 aromatic heterocycles. The third-order valence-electron chi connectivity index (χ3n) is 4.65. The van der Waals surface area contributed by atoms with Crippen molar-refractivity contribution in [3.8, 4) is 0 Å². The van der Waals surface area contributed by atoms with Gasteiger partial charge in [0.05, 0.1) is 12.0 Å². The zero-order valence-corrected chi connectivity index (χ0v) is 12.9. The number of carbonyl (C=O) groups excluding carboxylic acids is 2. The molecule has 2 aliphatic rings. The highest BCUT2D eigenvalue weighted by atomic mass is 16.2. The van der Waals surface area contributed by atoms with Crippen LogP contribution < -0.4 is 5.32 Å². The summed E-state index contributed by atoms with van der Waals surface area (Å²) in [5.41, 5.74) is 0. The van der Waals surface area contributed by atoms with E-state index in [0.29, 0.717) is 13.1 Å². The number of likely N-dealkylation sites (N-methyl/N-ethyl adjacent to an activating group) is 1. The molecule has 1 N–H and O–H groups in total. The highest BCUT2D eigenvalue weighted by Gasteiger charge is 2.37. The van der Waals surface area contributed by atoms with Crippen LogP contribution in [0.4, 0.5) is 0 Å². The number of fused-ring (bicyclic) bond motifs is 3. The van der Waals surface area contributed by atoms with Gasteiger partial charge in [0.25, 0.3) is 0 Å². The molecule has 2 aliphatic heterocycles. The lowest BCUT2D eigenvalue weighted by molar-refractivity contribution is -0.137. The summed E-state index contributed by atoms with van der Waals surface area (Å²) in [7, 11) is 0. The molecular formula is C15H27N3O2. The van der Waals surface area contributed by atoms with E-state index in [1.807, 2.05) is 4.90 Å². The van der Waals surface area contributed by atoms with Crippen LogP contribution in [-0.4, -0.2) is 60.4 Å². The predicted molar refractivity (Wildman–Crippen MR) is 78.2 cm³/mol. The molecule has 2 heterocycles. The van der Waals surface area contributed by atoms with Crippen molar-refractivity contribution in [3.05, 3.63) is 0 Å². The van der Waals surface area contributed by atoms with Crippen molar-refractivity contribution in [1.29, 1.82) is 0 Å². The number of hydrogen-bond donors (Lipinski definition) is 1. The summed E-state index contributed by atoms with van der Waals surface area (Å²) in [6.45, 7) is 10.1. The smallest absolute Gasteiger partial charge is 0.226 e. The summed E-state index contributed by atoms with van der Waals surface area (Å²) >= 11 is 0. The van der Waals surface area contributed by atoms with E-state index in [9.17, 15) is 9.59 Å². The lowest BCUT2D eigenvalue weighted by Gasteiger charge is -2.34. The van der Waals surface area contributed by atoms with Crippen molar-refractivity contribution in [2.45, 2.75) is 39.7 Å². The van der Waals surface area contributed by atoms with Crippen LogP contribution in [0, 0.1) is 11.8 Å². The third kappa shape index (κ3) is 3.14. The first kappa shape index (κ1) is 15.3. The Morgan fingerprint density at radius 2 is 1.90 bits per heavy atom. The van der Waals surface area contributed by atoms with Crippen molar-refractivity contribution in [1.82, 2.24) is 15.1 Å². The summed E-state index contributed by atoms with van der Waals surface area (Å²) < 4.78 is 0. The minimum Gasteiger partial charge on any atom is -0.350 e. The molecule has 5 heteroatoms. The van der Waals surface area contributed by atoms with E-state index < -0.39 is 0 Å². The largest absolute Gasteiger partial charge is 0.350 e. The third-order valence-corrected chi connectivity index (χ3v) is 4.65. The highest BCUT2D eigenvalue weighted by molar-refractivity contribution is 5.83. The fourth-order valence-electron chi connectivity index (χ4n) is 3.33. The Kier molecular flexibility index (Phi) is 5.02. The number of amides is 2. The van der Waals surface area contributed by atoms with E-state index in [0.717, 1.165) is 32.5 Å². The van der Waals surface area contributed by atoms with Crippen LogP contribution >= 0.6 is 0 Å². The van der Waals surface area contributed by atoms with Gasteiger partial charge in [-0.05, 0) is 19.4 Å². The van der Waals surface area contributed by atoms with Crippen LogP contribution in [0.3, 0.4) is 0 Å². The van der Waals surface area contributed by atoms with Crippen LogP contribution in [0.5, 0.6) is 0 Å². The molecule has 2 fully saturated rings. The van der Waals surface area contributed by atoms with E-state index in [1.165, 1.54) is 0 Å². The maximum Gasteiger partial charge on any atom is 0.226 e. The molecule has 2 atom stereocenters. The Balaban J connectivity index is 2.13. The van der Waals surface area contributed by atoms with E-state index in [4.69, 9.17) is 0 Å². The molecule has 2 amide bonds. The first-order chi connectivity index (χ1) is 9.58. The molecule has 0 spiro atoms. The van der Waals surface area contributed by atoms with Gasteiger partial charge in [-0.2, -0.15) is 0 Å². The fourth-order valence-corrected chi connectivity index (χ4v) is 3.33. The first-order valence-electron chi connectivity index (χ1n) is 7.90. The summed E-state index contributed by atoms with van der Waals surface area (Å²) in [5.74, 6) is 0.365. The Bertz CT molecular complexity index is 368. The SMILES string of the molecule is CCC(CC)C(=O)N1C[C@@H]2CN(CC)C[C@H](C1)C(=O)N2. The van der Waals surface area contributed by atoms with Gasteiger partial charge in [-0.25, -0.2) is 0 Å². The summed E-state index contributed by atoms with van der Waals surface area (Å²) in [4.78, 5) is 29.0. The van der Waals surface area contributed by atoms with Gasteiger partial charge in [0.2, 0.25) is 11.8 Å². The van der Waals surface area contributed by atoms with Crippen LogP contribution in [0.25, 0.3) is 0 Å². The standard InChI is InChI=1S/C15H27N3O2/c1-4-11(5-2)15(20)18-8-12-7-17(6-3)9-13(10-18)16-14(12)19/h11-13H,4-10H2,1-3H3,(H,16,19)/t12-,13+/m1/s1. The zero-order chi connectivity index (χ0) is 14.7. The average Bonchev–Trinajstić information content (AvgIpc) is 2.66. The summed E-state index contributed by atoms with van der Waals surface area (Å²) in [5, 5.41) is 3.09. The van der Waals surface area contributed by atoms with Crippen LogP contribution in [0.1, 0.15) is 33.6 Å². The highest BCUT2D eigenvalue weighted by Crippen LogP contribution is 2.19. The van der Waals surface area contributed by atoms with Gasteiger partial charge in [-0.15, -0.1) is 0 Å². The van der Waals surface area contributed by atoms with E-state index in [-0.39, 0.29) is 29.7 Å². The molecule has 2 bridgehead atoms. The summed E-state index contributed by atoms with van der Waals surface area (Å²) in [6.07, 6.45) is 1.76. The van der Waals surface area contributed by atoms with Gasteiger partial charge < -0.3 is 15.1 Å². The van der Waals surface area contributed by atoms with Crippen molar-refractivity contribution in [2.75, 3.05) is 32.7 Å². The lowest BCUT2D eigenvalue weighted by atomic mass is 10.00. The van der Waals surface area contributed by atoms with Gasteiger partial charge in [0.1, 0.15) is 0 Å². The molecule has 114 valence electrons. The molecule has 0 unspecified atom stereocenters. The van der Waals surface area contributed by atoms with Gasteiger partial charge in [-0.3, -0.25) is 9.59 Å². The second-order valence-corrected chi connectivity index (χ2v) is 6.01. The average molecular weight is 281 g/mol. The number of nitrogens with one attached hydrogen (secondary N) is 1. The molecule has 0 aromatic carbocycles. The minimum absolute atomic E-state index is 0.0771. The normalized spacial score (nSPS) is 27.4. The fraction of sp³-hybridized carbons (Fsp3) is 0.867. The Hall–Kier alpha value is -1.10. The Morgan fingerprint density at radius 1 is 1.20 bits per heavy atom. The van der Waals surface area contributed by atoms with E-state index >= 15 is 0 Å². The number of carbonyl (C=O) groups is 2. The summed E-state index contributed by atoms with van der Waals surface area (Å²) in [6, 6.07) is 0.0771. The second-order valence-electron chi connectivity index (χ2n) is 6.01. The molecule has 2 rings (SSSR count). The van der Waals surface area contributed by atoms with Gasteiger partial charge in [0.15, 0.2) is 0 Å². The van der Waals surface area contributed by atoms with Gasteiger partial charge in [0, 0.05) is 32.1 Å². The Labute approximate surface area is 121 Å². The maximum atomic E-state index is 12.6. The predicted octanol–water partition coefficient (Wildman–Crippen LogP) is 0.701. The molecule has 0 saturated carbocycles. The van der Waals surface area contributed by atoms with Crippen molar-refractivity contribution in [3.63, 3.8) is 0 Å². The van der Waals surface area contributed by atoms with Gasteiger partial charge in [-0.1, -0.05) is 20.8 Å². The van der Waals surface area contributed by atoms with Gasteiger partial charge >= 0.3 is 0 Å². The van der Waals surface area contributed by atoms with E-state index in [2.05, 4.69) is 31.0 Å². The van der Waals surface area contributed by atoms with Crippen LogP contribution in [0.15, 0.2) is 0 Å². The van der Waals surface area contributed by atoms with Crippen molar-refractivity contribution < 1.29 is 9.59 Å². The van der Waals surface area contributed by atoms with Crippen LogP contribution in [-0.2, 0) is 9.59 Å². The molecule has 0 aromatic rings. The molecular weight excluding hydrogens is 254 g/mol. The molecule has 20 heavy (non-hydrogen) atoms. The molecule has 2 saturated heterocycles. The topological polar surface area (TPSA) is 52.7 Å². The molecule has 0 aliphatic carbocycles. The molecule has 0 radical (unpaired) electrons. The van der Waals surface area contributed by atoms with Crippen molar-refractivity contribution >= 4 is 11.8 Å². The zero-order valence-electron chi connectivity index (χ0n) is 12.9. The number of nitrogens with zero attached hydrogens (tertiary/aromatic N) is 2. The molecule has 5 nitrogen and oxygen atoms in total.